The van der Waals surface area contributed by atoms with Crippen LogP contribution >= 0.6 is 0 Å². The summed E-state index contributed by atoms with van der Waals surface area (Å²) in [5, 5.41) is 22.5. The molecule has 2 unspecified atom stereocenters. The van der Waals surface area contributed by atoms with Gasteiger partial charge in [-0.15, -0.1) is 0 Å². The van der Waals surface area contributed by atoms with Crippen LogP contribution in [0.1, 0.15) is 168 Å². The summed E-state index contributed by atoms with van der Waals surface area (Å²) in [5.74, 6) is -2.42. The van der Waals surface area contributed by atoms with E-state index in [1.807, 2.05) is 0 Å². The van der Waals surface area contributed by atoms with E-state index in [1.165, 1.54) is 64.2 Å². The topological polar surface area (TPSA) is 142 Å². The average molecular weight is 691 g/mol. The predicted molar refractivity (Wildman–Crippen MR) is 199 cm³/mol. The first-order chi connectivity index (χ1) is 23.8. The number of esters is 1. The van der Waals surface area contributed by atoms with Gasteiger partial charge in [0.05, 0.1) is 13.2 Å². The summed E-state index contributed by atoms with van der Waals surface area (Å²) in [5.41, 5.74) is 0. The lowest BCUT2D eigenvalue weighted by Gasteiger charge is -2.15. The Morgan fingerprint density at radius 1 is 0.633 bits per heavy atom. The second kappa shape index (κ2) is 34.9. The third kappa shape index (κ3) is 32.0. The van der Waals surface area contributed by atoms with Crippen LogP contribution in [0.15, 0.2) is 36.5 Å². The number of aliphatic hydroxyl groups is 1. The Morgan fingerprint density at radius 3 is 1.80 bits per heavy atom. The second-order valence-electron chi connectivity index (χ2n) is 13.0. The molecule has 0 saturated carbocycles. The monoisotopic (exact) mass is 691 g/mol. The number of ether oxygens (including phenoxy) is 1. The molecule has 2 amide bonds. The van der Waals surface area contributed by atoms with Gasteiger partial charge >= 0.3 is 11.9 Å². The van der Waals surface area contributed by atoms with E-state index in [-0.39, 0.29) is 30.9 Å². The standard InChI is InChI=1S/C40H70N2O7/c1-3-5-7-9-11-12-13-14-15-16-17-18-20-22-28-32-39(46)49-35(29-25-21-19-10-8-6-4-2)30-26-23-24-27-31-37(44)41-33-38(45)42-36(34-43)40(47)48/h11-12,14-15,25,29,35-36,43H,3-10,13,16-24,26-28,30-34H2,1-2H3,(H,41,44)(H,42,45)(H,47,48)/b12-11-,15-14-,29-25-. The molecule has 0 aromatic rings. The lowest BCUT2D eigenvalue weighted by atomic mass is 10.1. The van der Waals surface area contributed by atoms with Crippen LogP contribution in [0.25, 0.3) is 0 Å². The van der Waals surface area contributed by atoms with E-state index >= 15 is 0 Å². The van der Waals surface area contributed by atoms with Crippen LogP contribution in [0.5, 0.6) is 0 Å². The molecule has 2 atom stereocenters. The molecule has 0 fully saturated rings. The van der Waals surface area contributed by atoms with Gasteiger partial charge in [0, 0.05) is 12.8 Å². The molecule has 0 radical (unpaired) electrons. The Bertz CT molecular complexity index is 932. The van der Waals surface area contributed by atoms with Gasteiger partial charge < -0.3 is 25.6 Å². The Labute approximate surface area is 297 Å². The van der Waals surface area contributed by atoms with Crippen molar-refractivity contribution in [2.45, 2.75) is 180 Å². The minimum absolute atomic E-state index is 0.127. The average Bonchev–Trinajstić information content (AvgIpc) is 3.08. The van der Waals surface area contributed by atoms with Crippen LogP contribution in [-0.2, 0) is 23.9 Å². The van der Waals surface area contributed by atoms with Gasteiger partial charge in [-0.05, 0) is 76.7 Å². The normalized spacial score (nSPS) is 12.9. The number of hydrogen-bond donors (Lipinski definition) is 4. The third-order valence-corrected chi connectivity index (χ3v) is 8.34. The molecular weight excluding hydrogens is 620 g/mol. The fraction of sp³-hybridized carbons (Fsp3) is 0.750. The van der Waals surface area contributed by atoms with Crippen molar-refractivity contribution in [3.8, 4) is 0 Å². The number of aliphatic hydroxyl groups excluding tert-OH is 1. The maximum atomic E-state index is 12.6. The number of nitrogens with one attached hydrogen (secondary N) is 2. The number of hydrogen-bond acceptors (Lipinski definition) is 6. The molecule has 49 heavy (non-hydrogen) atoms. The summed E-state index contributed by atoms with van der Waals surface area (Å²) in [6, 6.07) is -1.39. The summed E-state index contributed by atoms with van der Waals surface area (Å²) < 4.78 is 5.87. The van der Waals surface area contributed by atoms with E-state index in [0.717, 1.165) is 70.6 Å². The number of carbonyl (C=O) groups is 4. The molecule has 282 valence electrons. The van der Waals surface area contributed by atoms with Gasteiger partial charge in [-0.3, -0.25) is 14.4 Å². The molecule has 9 heteroatoms. The molecule has 0 saturated heterocycles. The van der Waals surface area contributed by atoms with Gasteiger partial charge in [0.2, 0.25) is 11.8 Å². The number of amides is 2. The van der Waals surface area contributed by atoms with Crippen molar-refractivity contribution in [1.82, 2.24) is 10.6 Å². The minimum Gasteiger partial charge on any atom is -0.480 e. The van der Waals surface area contributed by atoms with Gasteiger partial charge in [0.15, 0.2) is 0 Å². The van der Waals surface area contributed by atoms with E-state index in [9.17, 15) is 19.2 Å². The molecular formula is C40H70N2O7. The molecule has 0 aliphatic carbocycles. The zero-order valence-corrected chi connectivity index (χ0v) is 30.9. The van der Waals surface area contributed by atoms with Gasteiger partial charge in [-0.1, -0.05) is 115 Å². The Kier molecular flexibility index (Phi) is 32.8. The van der Waals surface area contributed by atoms with Gasteiger partial charge in [-0.2, -0.15) is 0 Å². The lowest BCUT2D eigenvalue weighted by Crippen LogP contribution is -2.47. The Hall–Kier alpha value is -2.94. The van der Waals surface area contributed by atoms with E-state index in [4.69, 9.17) is 14.9 Å². The summed E-state index contributed by atoms with van der Waals surface area (Å²) in [7, 11) is 0. The number of carboxylic acids is 1. The number of unbranched alkanes of at least 4 members (excludes halogenated alkanes) is 16. The largest absolute Gasteiger partial charge is 0.480 e. The van der Waals surface area contributed by atoms with Crippen LogP contribution in [0, 0.1) is 0 Å². The highest BCUT2D eigenvalue weighted by Crippen LogP contribution is 2.15. The molecule has 9 nitrogen and oxygen atoms in total. The second-order valence-corrected chi connectivity index (χ2v) is 13.0. The predicted octanol–water partition coefficient (Wildman–Crippen LogP) is 8.65. The smallest absolute Gasteiger partial charge is 0.328 e. The summed E-state index contributed by atoms with van der Waals surface area (Å²) in [6.07, 6.45) is 37.6. The molecule has 0 aromatic carbocycles. The highest BCUT2D eigenvalue weighted by atomic mass is 16.5. The third-order valence-electron chi connectivity index (χ3n) is 8.34. The highest BCUT2D eigenvalue weighted by Gasteiger charge is 2.18. The number of carboxylic acid groups (broad SMARTS) is 1. The first-order valence-corrected chi connectivity index (χ1v) is 19.4. The fourth-order valence-corrected chi connectivity index (χ4v) is 5.30. The first kappa shape index (κ1) is 46.1. The van der Waals surface area contributed by atoms with E-state index < -0.39 is 24.5 Å². The maximum absolute atomic E-state index is 12.6. The Morgan fingerprint density at radius 2 is 1.16 bits per heavy atom. The zero-order valence-electron chi connectivity index (χ0n) is 30.9. The van der Waals surface area contributed by atoms with Crippen LogP contribution in [-0.4, -0.2) is 59.3 Å². The van der Waals surface area contributed by atoms with Crippen LogP contribution in [0.3, 0.4) is 0 Å². The number of allylic oxidation sites excluding steroid dienone is 5. The molecule has 0 spiro atoms. The van der Waals surface area contributed by atoms with E-state index in [1.54, 1.807) is 0 Å². The maximum Gasteiger partial charge on any atom is 0.328 e. The van der Waals surface area contributed by atoms with Crippen molar-refractivity contribution >= 4 is 23.8 Å². The molecule has 0 heterocycles. The van der Waals surface area contributed by atoms with Crippen LogP contribution in [0.4, 0.5) is 0 Å². The van der Waals surface area contributed by atoms with E-state index in [0.29, 0.717) is 12.8 Å². The SMILES string of the molecule is CCCCC/C=C\C/C=C\CCCCCCCC(=O)OC(/C=C\CCCCCCC)CCCCCCC(=O)NCC(=O)NC(CO)C(=O)O. The van der Waals surface area contributed by atoms with Crippen molar-refractivity contribution in [1.29, 1.82) is 0 Å². The van der Waals surface area contributed by atoms with Crippen LogP contribution < -0.4 is 10.6 Å². The van der Waals surface area contributed by atoms with Crippen molar-refractivity contribution < 1.29 is 34.1 Å². The van der Waals surface area contributed by atoms with Crippen molar-refractivity contribution in [3.63, 3.8) is 0 Å². The molecule has 0 aliphatic rings. The summed E-state index contributed by atoms with van der Waals surface area (Å²) in [4.78, 5) is 47.3. The lowest BCUT2D eigenvalue weighted by molar-refractivity contribution is -0.147. The number of carbonyl (C=O) groups excluding carboxylic acids is 3. The molecule has 0 aromatic heterocycles. The summed E-state index contributed by atoms with van der Waals surface area (Å²) >= 11 is 0. The quantitative estimate of drug-likeness (QED) is 0.0301. The van der Waals surface area contributed by atoms with Crippen molar-refractivity contribution in [2.24, 2.45) is 0 Å². The van der Waals surface area contributed by atoms with Crippen molar-refractivity contribution in [3.05, 3.63) is 36.5 Å². The van der Waals surface area contributed by atoms with Crippen molar-refractivity contribution in [2.75, 3.05) is 13.2 Å². The first-order valence-electron chi connectivity index (χ1n) is 19.4. The molecule has 0 rings (SSSR count). The molecule has 0 aliphatic heterocycles. The van der Waals surface area contributed by atoms with Gasteiger partial charge in [-0.25, -0.2) is 4.79 Å². The minimum atomic E-state index is -1.39. The molecule has 0 bridgehead atoms. The fourth-order valence-electron chi connectivity index (χ4n) is 5.30. The number of aliphatic carboxylic acids is 1. The molecule has 4 N–H and O–H groups in total. The van der Waals surface area contributed by atoms with Crippen LogP contribution in [0.2, 0.25) is 0 Å². The highest BCUT2D eigenvalue weighted by molar-refractivity contribution is 5.87. The Balaban J connectivity index is 4.28. The summed E-state index contributed by atoms with van der Waals surface area (Å²) in [6.45, 7) is 3.39. The van der Waals surface area contributed by atoms with Gasteiger partial charge in [0.1, 0.15) is 12.1 Å². The number of rotatable bonds is 34. The van der Waals surface area contributed by atoms with E-state index in [2.05, 4.69) is 60.9 Å². The zero-order chi connectivity index (χ0) is 36.2. The van der Waals surface area contributed by atoms with Gasteiger partial charge in [0.25, 0.3) is 0 Å².